The molecule has 0 saturated heterocycles. The Hall–Kier alpha value is -1.26. The first-order valence-corrected chi connectivity index (χ1v) is 8.40. The molecule has 1 unspecified atom stereocenters. The molecular weight excluding hydrogens is 266 g/mol. The molecule has 0 amide bonds. The van der Waals surface area contributed by atoms with Crippen LogP contribution in [0.15, 0.2) is 30.5 Å². The van der Waals surface area contributed by atoms with Gasteiger partial charge in [-0.3, -0.25) is 4.98 Å². The first-order valence-electron chi connectivity index (χ1n) is 7.01. The van der Waals surface area contributed by atoms with Gasteiger partial charge in [0.2, 0.25) is 0 Å². The second kappa shape index (κ2) is 6.95. The van der Waals surface area contributed by atoms with E-state index >= 15 is 0 Å². The van der Waals surface area contributed by atoms with Crippen LogP contribution in [0.5, 0.6) is 0 Å². The molecule has 108 valence electrons. The van der Waals surface area contributed by atoms with E-state index in [0.717, 1.165) is 23.3 Å². The molecule has 0 aliphatic carbocycles. The van der Waals surface area contributed by atoms with Crippen molar-refractivity contribution in [3.05, 3.63) is 36.0 Å². The summed E-state index contributed by atoms with van der Waals surface area (Å²) in [7, 11) is 2.17. The largest absolute Gasteiger partial charge is 0.370 e. The highest BCUT2D eigenvalue weighted by Crippen LogP contribution is 2.30. The number of rotatable bonds is 6. The summed E-state index contributed by atoms with van der Waals surface area (Å²) in [5, 5.41) is 1.19. The van der Waals surface area contributed by atoms with Gasteiger partial charge >= 0.3 is 0 Å². The van der Waals surface area contributed by atoms with E-state index in [0.29, 0.717) is 12.6 Å². The van der Waals surface area contributed by atoms with E-state index in [1.807, 2.05) is 24.0 Å². The molecule has 0 fully saturated rings. The van der Waals surface area contributed by atoms with E-state index in [-0.39, 0.29) is 0 Å². The fraction of sp³-hybridized carbons (Fsp3) is 0.438. The lowest BCUT2D eigenvalue weighted by Gasteiger charge is -2.31. The zero-order valence-electron chi connectivity index (χ0n) is 12.5. The van der Waals surface area contributed by atoms with Crippen molar-refractivity contribution in [1.29, 1.82) is 0 Å². The lowest BCUT2D eigenvalue weighted by Crippen LogP contribution is -2.34. The van der Waals surface area contributed by atoms with Crippen LogP contribution in [0.25, 0.3) is 10.9 Å². The molecule has 0 aliphatic heterocycles. The lowest BCUT2D eigenvalue weighted by atomic mass is 10.1. The lowest BCUT2D eigenvalue weighted by molar-refractivity contribution is 0.672. The van der Waals surface area contributed by atoms with Gasteiger partial charge in [-0.1, -0.05) is 25.1 Å². The van der Waals surface area contributed by atoms with Crippen LogP contribution in [0.3, 0.4) is 0 Å². The van der Waals surface area contributed by atoms with E-state index in [2.05, 4.69) is 48.3 Å². The molecule has 0 radical (unpaired) electrons. The average molecular weight is 289 g/mol. The van der Waals surface area contributed by atoms with Crippen LogP contribution < -0.4 is 10.6 Å². The SMILES string of the molecule is CCC(CSC)N(C)c1c(CN)cnc2ccccc12. The number of thioether (sulfide) groups is 1. The third kappa shape index (κ3) is 2.91. The Morgan fingerprint density at radius 2 is 2.10 bits per heavy atom. The summed E-state index contributed by atoms with van der Waals surface area (Å²) < 4.78 is 0. The van der Waals surface area contributed by atoms with E-state index < -0.39 is 0 Å². The van der Waals surface area contributed by atoms with Gasteiger partial charge in [-0.15, -0.1) is 0 Å². The summed E-state index contributed by atoms with van der Waals surface area (Å²) >= 11 is 1.89. The summed E-state index contributed by atoms with van der Waals surface area (Å²) in [6.07, 6.45) is 5.20. The van der Waals surface area contributed by atoms with Crippen LogP contribution in [-0.4, -0.2) is 30.1 Å². The smallest absolute Gasteiger partial charge is 0.0723 e. The van der Waals surface area contributed by atoms with Crippen LogP contribution in [0, 0.1) is 0 Å². The number of fused-ring (bicyclic) bond motifs is 1. The highest BCUT2D eigenvalue weighted by Gasteiger charge is 2.18. The topological polar surface area (TPSA) is 42.1 Å². The maximum atomic E-state index is 5.92. The molecule has 0 spiro atoms. The fourth-order valence-electron chi connectivity index (χ4n) is 2.61. The quantitative estimate of drug-likeness (QED) is 0.886. The minimum Gasteiger partial charge on any atom is -0.370 e. The summed E-state index contributed by atoms with van der Waals surface area (Å²) in [5.74, 6) is 1.12. The first kappa shape index (κ1) is 15.1. The van der Waals surface area contributed by atoms with Gasteiger partial charge in [0.15, 0.2) is 0 Å². The number of hydrogen-bond acceptors (Lipinski definition) is 4. The van der Waals surface area contributed by atoms with Gasteiger partial charge in [0.1, 0.15) is 0 Å². The monoisotopic (exact) mass is 289 g/mol. The van der Waals surface area contributed by atoms with Crippen molar-refractivity contribution in [1.82, 2.24) is 4.98 Å². The van der Waals surface area contributed by atoms with E-state index in [4.69, 9.17) is 5.73 Å². The Balaban J connectivity index is 2.55. The van der Waals surface area contributed by atoms with Crippen molar-refractivity contribution in [2.24, 2.45) is 5.73 Å². The summed E-state index contributed by atoms with van der Waals surface area (Å²) in [5.41, 5.74) is 9.31. The van der Waals surface area contributed by atoms with Crippen molar-refractivity contribution in [3.8, 4) is 0 Å². The van der Waals surface area contributed by atoms with Crippen LogP contribution in [0.4, 0.5) is 5.69 Å². The third-order valence-corrected chi connectivity index (χ3v) is 4.49. The summed E-state index contributed by atoms with van der Waals surface area (Å²) in [4.78, 5) is 6.89. The molecule has 2 aromatic rings. The third-order valence-electron chi connectivity index (χ3n) is 3.77. The summed E-state index contributed by atoms with van der Waals surface area (Å²) in [6, 6.07) is 8.81. The molecule has 1 heterocycles. The molecule has 0 bridgehead atoms. The molecular formula is C16H23N3S. The van der Waals surface area contributed by atoms with Gasteiger partial charge in [-0.05, 0) is 18.7 Å². The minimum atomic E-state index is 0.515. The molecule has 2 N–H and O–H groups in total. The second-order valence-corrected chi connectivity index (χ2v) is 5.89. The maximum absolute atomic E-state index is 5.92. The number of nitrogens with zero attached hydrogens (tertiary/aromatic N) is 2. The number of pyridine rings is 1. The van der Waals surface area contributed by atoms with Crippen molar-refractivity contribution < 1.29 is 0 Å². The van der Waals surface area contributed by atoms with Gasteiger partial charge in [0.05, 0.1) is 11.2 Å². The summed E-state index contributed by atoms with van der Waals surface area (Å²) in [6.45, 7) is 2.76. The van der Waals surface area contributed by atoms with Gasteiger partial charge in [-0.2, -0.15) is 11.8 Å². The molecule has 3 nitrogen and oxygen atoms in total. The Morgan fingerprint density at radius 1 is 1.35 bits per heavy atom. The number of anilines is 1. The number of para-hydroxylation sites is 1. The van der Waals surface area contributed by atoms with Crippen LogP contribution in [0.2, 0.25) is 0 Å². The van der Waals surface area contributed by atoms with Gasteiger partial charge in [0.25, 0.3) is 0 Å². The Bertz CT molecular complexity index is 571. The molecule has 2 rings (SSSR count). The second-order valence-electron chi connectivity index (χ2n) is 4.98. The predicted molar refractivity (Wildman–Crippen MR) is 90.5 cm³/mol. The molecule has 1 aromatic heterocycles. The zero-order chi connectivity index (χ0) is 14.5. The Labute approximate surface area is 125 Å². The number of benzene rings is 1. The molecule has 1 aromatic carbocycles. The predicted octanol–water partition coefficient (Wildman–Crippen LogP) is 3.27. The molecule has 0 aliphatic rings. The van der Waals surface area contributed by atoms with Crippen LogP contribution >= 0.6 is 11.8 Å². The zero-order valence-corrected chi connectivity index (χ0v) is 13.3. The highest BCUT2D eigenvalue weighted by atomic mass is 32.2. The molecule has 0 saturated carbocycles. The Morgan fingerprint density at radius 3 is 2.75 bits per heavy atom. The normalized spacial score (nSPS) is 12.6. The van der Waals surface area contributed by atoms with Crippen molar-refractivity contribution >= 4 is 28.4 Å². The van der Waals surface area contributed by atoms with Gasteiger partial charge in [0, 0.05) is 42.5 Å². The number of aromatic nitrogens is 1. The highest BCUT2D eigenvalue weighted by molar-refractivity contribution is 7.98. The van der Waals surface area contributed by atoms with Gasteiger partial charge in [-0.25, -0.2) is 0 Å². The molecule has 4 heteroatoms. The van der Waals surface area contributed by atoms with Crippen LogP contribution in [0.1, 0.15) is 18.9 Å². The van der Waals surface area contributed by atoms with Crippen LogP contribution in [-0.2, 0) is 6.54 Å². The van der Waals surface area contributed by atoms with E-state index in [9.17, 15) is 0 Å². The Kier molecular flexibility index (Phi) is 5.26. The van der Waals surface area contributed by atoms with E-state index in [1.54, 1.807) is 0 Å². The first-order chi connectivity index (χ1) is 9.72. The standard InChI is InChI=1S/C16H23N3S/c1-4-13(11-20-3)19(2)16-12(9-17)10-18-15-8-6-5-7-14(15)16/h5-8,10,13H,4,9,11,17H2,1-3H3. The minimum absolute atomic E-state index is 0.515. The van der Waals surface area contributed by atoms with Gasteiger partial charge < -0.3 is 10.6 Å². The fourth-order valence-corrected chi connectivity index (χ4v) is 3.46. The number of nitrogens with two attached hydrogens (primary N) is 1. The van der Waals surface area contributed by atoms with Crippen molar-refractivity contribution in [2.45, 2.75) is 25.9 Å². The molecule has 1 atom stereocenters. The van der Waals surface area contributed by atoms with Crippen molar-refractivity contribution in [3.63, 3.8) is 0 Å². The van der Waals surface area contributed by atoms with E-state index in [1.165, 1.54) is 11.1 Å². The number of hydrogen-bond donors (Lipinski definition) is 1. The maximum Gasteiger partial charge on any atom is 0.0723 e. The molecule has 20 heavy (non-hydrogen) atoms. The van der Waals surface area contributed by atoms with Crippen molar-refractivity contribution in [2.75, 3.05) is 24.0 Å². The average Bonchev–Trinajstić information content (AvgIpc) is 2.50.